The summed E-state index contributed by atoms with van der Waals surface area (Å²) in [5.41, 5.74) is 6.89. The Morgan fingerprint density at radius 3 is 2.67 bits per heavy atom. The Kier molecular flexibility index (Phi) is 5.28. The van der Waals surface area contributed by atoms with Crippen molar-refractivity contribution in [3.8, 4) is 0 Å². The van der Waals surface area contributed by atoms with Gasteiger partial charge in [-0.15, -0.1) is 0 Å². The monoisotopic (exact) mass is 252 g/mol. The third-order valence-corrected chi connectivity index (χ3v) is 3.20. The zero-order chi connectivity index (χ0) is 13.7. The van der Waals surface area contributed by atoms with Gasteiger partial charge < -0.3 is 11.1 Å². The summed E-state index contributed by atoms with van der Waals surface area (Å²) in [6, 6.07) is 4.79. The molecule has 100 valence electrons. The molecule has 1 aromatic rings. The zero-order valence-corrected chi connectivity index (χ0v) is 11.2. The van der Waals surface area contributed by atoms with Gasteiger partial charge in [0.1, 0.15) is 5.82 Å². The van der Waals surface area contributed by atoms with Crippen LogP contribution >= 0.6 is 0 Å². The topological polar surface area (TPSA) is 55.1 Å². The Bertz CT molecular complexity index is 416. The summed E-state index contributed by atoms with van der Waals surface area (Å²) in [5, 5.41) is 2.86. The van der Waals surface area contributed by atoms with E-state index < -0.39 is 0 Å². The van der Waals surface area contributed by atoms with E-state index in [0.29, 0.717) is 18.5 Å². The van der Waals surface area contributed by atoms with E-state index in [1.165, 1.54) is 6.07 Å². The van der Waals surface area contributed by atoms with Gasteiger partial charge in [0, 0.05) is 12.5 Å². The van der Waals surface area contributed by atoms with E-state index >= 15 is 0 Å². The summed E-state index contributed by atoms with van der Waals surface area (Å²) >= 11 is 0. The van der Waals surface area contributed by atoms with E-state index in [2.05, 4.69) is 5.32 Å². The van der Waals surface area contributed by atoms with Crippen LogP contribution in [0.25, 0.3) is 0 Å². The molecule has 0 radical (unpaired) electrons. The lowest BCUT2D eigenvalue weighted by Crippen LogP contribution is -2.36. The Labute approximate surface area is 108 Å². The second-order valence-electron chi connectivity index (χ2n) is 4.58. The first-order valence-electron chi connectivity index (χ1n) is 6.26. The highest BCUT2D eigenvalue weighted by Crippen LogP contribution is 2.17. The fraction of sp³-hybridized carbons (Fsp3) is 0.500. The van der Waals surface area contributed by atoms with Gasteiger partial charge >= 0.3 is 0 Å². The number of amides is 1. The predicted octanol–water partition coefficient (Wildman–Crippen LogP) is 2.30. The summed E-state index contributed by atoms with van der Waals surface area (Å²) in [5.74, 6) is -0.504. The molecule has 2 atom stereocenters. The summed E-state index contributed by atoms with van der Waals surface area (Å²) in [4.78, 5) is 11.9. The Balaban J connectivity index is 2.73. The fourth-order valence-electron chi connectivity index (χ4n) is 1.75. The average molecular weight is 252 g/mol. The lowest BCUT2D eigenvalue weighted by atomic mass is 10.0. The molecular weight excluding hydrogens is 231 g/mol. The highest BCUT2D eigenvalue weighted by molar-refractivity contribution is 5.79. The molecule has 0 fully saturated rings. The molecule has 0 heterocycles. The molecule has 0 aliphatic rings. The normalized spacial score (nSPS) is 14.1. The Hall–Kier alpha value is -1.42. The molecule has 1 rings (SSSR count). The Morgan fingerprint density at radius 1 is 1.50 bits per heavy atom. The quantitative estimate of drug-likeness (QED) is 0.844. The predicted molar refractivity (Wildman–Crippen MR) is 70.5 cm³/mol. The van der Waals surface area contributed by atoms with Gasteiger partial charge in [-0.3, -0.25) is 4.79 Å². The largest absolute Gasteiger partial charge is 0.349 e. The number of nitrogens with two attached hydrogens (primary N) is 1. The van der Waals surface area contributed by atoms with Crippen LogP contribution in [0.1, 0.15) is 37.4 Å². The molecule has 1 aromatic carbocycles. The summed E-state index contributed by atoms with van der Waals surface area (Å²) in [6.45, 7) is 5.81. The smallest absolute Gasteiger partial charge is 0.224 e. The molecule has 0 saturated heterocycles. The second-order valence-corrected chi connectivity index (χ2v) is 4.58. The van der Waals surface area contributed by atoms with Crippen LogP contribution in [0.4, 0.5) is 4.39 Å². The van der Waals surface area contributed by atoms with Crippen molar-refractivity contribution in [2.75, 3.05) is 6.54 Å². The summed E-state index contributed by atoms with van der Waals surface area (Å²) in [7, 11) is 0. The van der Waals surface area contributed by atoms with E-state index in [-0.39, 0.29) is 23.7 Å². The average Bonchev–Trinajstić information content (AvgIpc) is 2.34. The van der Waals surface area contributed by atoms with Crippen molar-refractivity contribution in [2.45, 2.75) is 33.2 Å². The van der Waals surface area contributed by atoms with Crippen molar-refractivity contribution in [1.29, 1.82) is 0 Å². The van der Waals surface area contributed by atoms with E-state index in [9.17, 15) is 9.18 Å². The van der Waals surface area contributed by atoms with Crippen molar-refractivity contribution in [1.82, 2.24) is 5.32 Å². The minimum Gasteiger partial charge on any atom is -0.349 e. The van der Waals surface area contributed by atoms with Crippen molar-refractivity contribution in [2.24, 2.45) is 11.7 Å². The molecule has 0 aliphatic heterocycles. The van der Waals surface area contributed by atoms with Crippen LogP contribution in [0.2, 0.25) is 0 Å². The molecule has 0 saturated carbocycles. The standard InChI is InChI=1S/C14H21FN2O/c1-4-11(8-16)14(18)17-10(3)12-6-5-9(2)13(15)7-12/h5-7,10-11H,4,8,16H2,1-3H3,(H,17,18). The third kappa shape index (κ3) is 3.53. The number of halogens is 1. The van der Waals surface area contributed by atoms with Gasteiger partial charge in [-0.05, 0) is 37.5 Å². The van der Waals surface area contributed by atoms with Gasteiger partial charge in [-0.1, -0.05) is 19.1 Å². The van der Waals surface area contributed by atoms with Crippen LogP contribution in [0.3, 0.4) is 0 Å². The van der Waals surface area contributed by atoms with Gasteiger partial charge in [0.05, 0.1) is 6.04 Å². The maximum Gasteiger partial charge on any atom is 0.224 e. The first kappa shape index (κ1) is 14.6. The van der Waals surface area contributed by atoms with Crippen LogP contribution < -0.4 is 11.1 Å². The van der Waals surface area contributed by atoms with Crippen molar-refractivity contribution in [3.05, 3.63) is 35.1 Å². The molecule has 4 heteroatoms. The first-order chi connectivity index (χ1) is 8.49. The number of aryl methyl sites for hydroxylation is 1. The molecule has 0 bridgehead atoms. The first-order valence-corrected chi connectivity index (χ1v) is 6.26. The molecule has 0 aliphatic carbocycles. The molecule has 0 aromatic heterocycles. The molecular formula is C14H21FN2O. The van der Waals surface area contributed by atoms with Crippen molar-refractivity contribution >= 4 is 5.91 Å². The maximum atomic E-state index is 13.4. The second kappa shape index (κ2) is 6.50. The van der Waals surface area contributed by atoms with Crippen molar-refractivity contribution < 1.29 is 9.18 Å². The minimum absolute atomic E-state index is 0.0755. The SMILES string of the molecule is CCC(CN)C(=O)NC(C)c1ccc(C)c(F)c1. The number of nitrogens with one attached hydrogen (secondary N) is 1. The molecule has 3 nitrogen and oxygen atoms in total. The van der Waals surface area contributed by atoms with E-state index in [0.717, 1.165) is 5.56 Å². The van der Waals surface area contributed by atoms with Gasteiger partial charge in [-0.25, -0.2) is 4.39 Å². The number of rotatable bonds is 5. The number of carbonyl (C=O) groups is 1. The van der Waals surface area contributed by atoms with E-state index in [4.69, 9.17) is 5.73 Å². The lowest BCUT2D eigenvalue weighted by Gasteiger charge is -2.18. The number of hydrogen-bond donors (Lipinski definition) is 2. The number of carbonyl (C=O) groups excluding carboxylic acids is 1. The number of benzene rings is 1. The lowest BCUT2D eigenvalue weighted by molar-refractivity contribution is -0.125. The summed E-state index contributed by atoms with van der Waals surface area (Å²) in [6.07, 6.45) is 0.706. The van der Waals surface area contributed by atoms with Gasteiger partial charge in [-0.2, -0.15) is 0 Å². The fourth-order valence-corrected chi connectivity index (χ4v) is 1.75. The molecule has 18 heavy (non-hydrogen) atoms. The third-order valence-electron chi connectivity index (χ3n) is 3.20. The number of hydrogen-bond acceptors (Lipinski definition) is 2. The summed E-state index contributed by atoms with van der Waals surface area (Å²) < 4.78 is 13.4. The highest BCUT2D eigenvalue weighted by atomic mass is 19.1. The molecule has 0 spiro atoms. The van der Waals surface area contributed by atoms with Crippen molar-refractivity contribution in [3.63, 3.8) is 0 Å². The molecule has 2 unspecified atom stereocenters. The molecule has 1 amide bonds. The van der Waals surface area contributed by atoms with E-state index in [1.54, 1.807) is 13.0 Å². The van der Waals surface area contributed by atoms with Crippen LogP contribution in [-0.2, 0) is 4.79 Å². The Morgan fingerprint density at radius 2 is 2.17 bits per heavy atom. The minimum atomic E-state index is -0.250. The van der Waals surface area contributed by atoms with Crippen LogP contribution in [0, 0.1) is 18.7 Å². The zero-order valence-electron chi connectivity index (χ0n) is 11.2. The van der Waals surface area contributed by atoms with Gasteiger partial charge in [0.25, 0.3) is 0 Å². The highest BCUT2D eigenvalue weighted by Gasteiger charge is 2.17. The van der Waals surface area contributed by atoms with Crippen LogP contribution in [0.15, 0.2) is 18.2 Å². The van der Waals surface area contributed by atoms with Gasteiger partial charge in [0.2, 0.25) is 5.91 Å². The van der Waals surface area contributed by atoms with Crippen LogP contribution in [0.5, 0.6) is 0 Å². The van der Waals surface area contributed by atoms with E-state index in [1.807, 2.05) is 19.9 Å². The molecule has 3 N–H and O–H groups in total. The van der Waals surface area contributed by atoms with Gasteiger partial charge in [0.15, 0.2) is 0 Å². The maximum absolute atomic E-state index is 13.4. The van der Waals surface area contributed by atoms with Crippen LogP contribution in [-0.4, -0.2) is 12.5 Å².